The van der Waals surface area contributed by atoms with Crippen LogP contribution in [0, 0.1) is 39.5 Å². The van der Waals surface area contributed by atoms with Crippen LogP contribution in [-0.2, 0) is 20.7 Å². The molecule has 0 bridgehead atoms. The molecule has 232 valence electrons. The minimum Gasteiger partial charge on any atom is -0.462 e. The summed E-state index contributed by atoms with van der Waals surface area (Å²) >= 11 is 0. The number of nitrogens with zero attached hydrogens (tertiary/aromatic N) is 2. The number of hydrogen-bond acceptors (Lipinski definition) is 4. The zero-order chi connectivity index (χ0) is 31.9. The van der Waals surface area contributed by atoms with Crippen molar-refractivity contribution in [1.82, 2.24) is 0 Å². The van der Waals surface area contributed by atoms with Gasteiger partial charge in [0.15, 0.2) is 23.0 Å². The predicted octanol–water partition coefficient (Wildman–Crippen LogP) is 9.40. The Kier molecular flexibility index (Phi) is 8.20. The first-order chi connectivity index (χ1) is 21.5. The quantitative estimate of drug-likeness (QED) is 0.203. The lowest BCUT2D eigenvalue weighted by Gasteiger charge is -2.37. The van der Waals surface area contributed by atoms with Crippen LogP contribution in [0.3, 0.4) is 0 Å². The van der Waals surface area contributed by atoms with Crippen LogP contribution in [-0.4, -0.2) is 23.9 Å². The highest BCUT2D eigenvalue weighted by Crippen LogP contribution is 2.49. The van der Waals surface area contributed by atoms with E-state index in [0.29, 0.717) is 18.2 Å². The average molecular weight is 599 g/mol. The lowest BCUT2D eigenvalue weighted by Crippen LogP contribution is -2.42. The number of aliphatic imine (C=N–C) groups is 2. The van der Waals surface area contributed by atoms with Crippen molar-refractivity contribution in [3.05, 3.63) is 142 Å². The Labute approximate surface area is 269 Å². The second kappa shape index (κ2) is 12.0. The zero-order valence-corrected chi connectivity index (χ0v) is 28.0. The van der Waals surface area contributed by atoms with Crippen molar-refractivity contribution in [1.29, 1.82) is 0 Å². The van der Waals surface area contributed by atoms with Gasteiger partial charge in [0.05, 0.1) is 6.42 Å². The first kappa shape index (κ1) is 30.8. The van der Waals surface area contributed by atoms with Crippen LogP contribution >= 0.6 is 0 Å². The second-order valence-electron chi connectivity index (χ2n) is 13.8. The first-order valence-corrected chi connectivity index (χ1v) is 16.3. The number of hydrogen-bond donors (Lipinski definition) is 0. The molecule has 2 heterocycles. The van der Waals surface area contributed by atoms with Gasteiger partial charge in [-0.15, -0.1) is 0 Å². The highest BCUT2D eigenvalue weighted by Gasteiger charge is 2.54. The van der Waals surface area contributed by atoms with Crippen molar-refractivity contribution in [2.45, 2.75) is 85.1 Å². The fourth-order valence-electron chi connectivity index (χ4n) is 7.32. The molecule has 0 spiro atoms. The highest BCUT2D eigenvalue weighted by molar-refractivity contribution is 5.99. The fourth-order valence-corrected chi connectivity index (χ4v) is 7.32. The molecule has 45 heavy (non-hydrogen) atoms. The van der Waals surface area contributed by atoms with Crippen LogP contribution in [0.1, 0.15) is 78.6 Å². The molecule has 0 fully saturated rings. The molecule has 0 saturated heterocycles. The number of benzene rings is 4. The van der Waals surface area contributed by atoms with E-state index in [0.717, 1.165) is 22.3 Å². The summed E-state index contributed by atoms with van der Waals surface area (Å²) in [5.41, 5.74) is 7.77. The molecule has 0 radical (unpaired) electrons. The molecule has 4 nitrogen and oxygen atoms in total. The Morgan fingerprint density at radius 2 is 0.800 bits per heavy atom. The third-order valence-electron chi connectivity index (χ3n) is 9.31. The van der Waals surface area contributed by atoms with E-state index in [-0.39, 0.29) is 23.9 Å². The van der Waals surface area contributed by atoms with Crippen LogP contribution in [0.4, 0.5) is 0 Å². The molecular formula is C41H46N2O2. The number of aryl methyl sites for hydroxylation is 4. The molecule has 2 aliphatic heterocycles. The largest absolute Gasteiger partial charge is 0.462 e. The van der Waals surface area contributed by atoms with Gasteiger partial charge in [0.25, 0.3) is 0 Å². The third kappa shape index (κ3) is 5.49. The van der Waals surface area contributed by atoms with Gasteiger partial charge in [0.1, 0.15) is 12.1 Å². The topological polar surface area (TPSA) is 43.2 Å². The van der Waals surface area contributed by atoms with Crippen molar-refractivity contribution < 1.29 is 9.47 Å². The number of ether oxygens (including phenoxy) is 2. The summed E-state index contributed by atoms with van der Waals surface area (Å²) in [6, 6.07) is 34.5. The Bertz CT molecular complexity index is 1540. The zero-order valence-electron chi connectivity index (χ0n) is 28.0. The van der Waals surface area contributed by atoms with Crippen LogP contribution in [0.15, 0.2) is 107 Å². The van der Waals surface area contributed by atoms with E-state index in [1.807, 2.05) is 0 Å². The molecule has 0 saturated carbocycles. The van der Waals surface area contributed by atoms with Crippen molar-refractivity contribution >= 4 is 11.8 Å². The van der Waals surface area contributed by atoms with E-state index in [4.69, 9.17) is 19.5 Å². The third-order valence-corrected chi connectivity index (χ3v) is 9.31. The van der Waals surface area contributed by atoms with Crippen LogP contribution in [0.2, 0.25) is 0 Å². The van der Waals surface area contributed by atoms with Gasteiger partial charge in [-0.3, -0.25) is 0 Å². The minimum atomic E-state index is -0.748. The Morgan fingerprint density at radius 1 is 0.511 bits per heavy atom. The summed E-state index contributed by atoms with van der Waals surface area (Å²) in [4.78, 5) is 10.7. The second-order valence-corrected chi connectivity index (χ2v) is 13.8. The summed E-state index contributed by atoms with van der Waals surface area (Å²) in [6.45, 7) is 17.5. The van der Waals surface area contributed by atoms with Gasteiger partial charge in [-0.05, 0) is 39.5 Å². The predicted molar refractivity (Wildman–Crippen MR) is 185 cm³/mol. The maximum atomic E-state index is 7.17. The lowest BCUT2D eigenvalue weighted by atomic mass is 9.75. The van der Waals surface area contributed by atoms with Crippen LogP contribution < -0.4 is 0 Å². The standard InChI is InChI=1S/C41H46N2O2/c1-26(2)38-40(32-17-9-13-28(5)21-32,33-18-10-14-29(6)22-33)44-36(42-38)25-37-43-39(27(3)4)41(45-37,34-19-11-15-30(7)23-34)35-20-12-16-31(8)24-35/h9-24,26-27,38-39H,25H2,1-8H3/t38-,39-/m1/s1. The normalized spacial score (nSPS) is 20.1. The van der Waals surface area contributed by atoms with Crippen LogP contribution in [0.5, 0.6) is 0 Å². The summed E-state index contributed by atoms with van der Waals surface area (Å²) < 4.78 is 14.3. The molecule has 0 amide bonds. The number of rotatable bonds is 8. The van der Waals surface area contributed by atoms with Crippen molar-refractivity contribution in [3.63, 3.8) is 0 Å². The van der Waals surface area contributed by atoms with Gasteiger partial charge in [-0.25, -0.2) is 9.98 Å². The van der Waals surface area contributed by atoms with Gasteiger partial charge in [0.2, 0.25) is 0 Å². The SMILES string of the molecule is Cc1cccc(C2(c3cccc(C)c3)OC(CC3=N[C@H](C(C)C)C(c4cccc(C)c4)(c4cccc(C)c4)O3)=N[C@@H]2C(C)C)c1. The van der Waals surface area contributed by atoms with Gasteiger partial charge >= 0.3 is 0 Å². The Hall–Kier alpha value is -4.18. The molecule has 0 N–H and O–H groups in total. The highest BCUT2D eigenvalue weighted by atomic mass is 16.5. The lowest BCUT2D eigenvalue weighted by molar-refractivity contribution is 0.0721. The van der Waals surface area contributed by atoms with E-state index in [1.54, 1.807) is 0 Å². The molecule has 4 aromatic rings. The van der Waals surface area contributed by atoms with E-state index in [1.165, 1.54) is 22.3 Å². The summed E-state index contributed by atoms with van der Waals surface area (Å²) in [5, 5.41) is 0. The van der Waals surface area contributed by atoms with Crippen LogP contribution in [0.25, 0.3) is 0 Å². The molecule has 0 aromatic heterocycles. The maximum Gasteiger partial charge on any atom is 0.194 e. The molecule has 0 aliphatic carbocycles. The molecule has 2 atom stereocenters. The average Bonchev–Trinajstić information content (AvgIpc) is 3.58. The van der Waals surface area contributed by atoms with E-state index in [9.17, 15) is 0 Å². The minimum absolute atomic E-state index is 0.114. The van der Waals surface area contributed by atoms with E-state index in [2.05, 4.69) is 152 Å². The van der Waals surface area contributed by atoms with Crippen molar-refractivity contribution in [2.75, 3.05) is 0 Å². The molecule has 4 heteroatoms. The summed E-state index contributed by atoms with van der Waals surface area (Å²) in [7, 11) is 0. The van der Waals surface area contributed by atoms with Gasteiger partial charge in [0, 0.05) is 22.3 Å². The summed E-state index contributed by atoms with van der Waals surface area (Å²) in [5.74, 6) is 1.80. The first-order valence-electron chi connectivity index (χ1n) is 16.3. The fraction of sp³-hybridized carbons (Fsp3) is 0.366. The van der Waals surface area contributed by atoms with Gasteiger partial charge in [-0.2, -0.15) is 0 Å². The monoisotopic (exact) mass is 598 g/mol. The Balaban J connectivity index is 1.44. The Morgan fingerprint density at radius 3 is 1.04 bits per heavy atom. The van der Waals surface area contributed by atoms with E-state index < -0.39 is 11.2 Å². The molecule has 6 rings (SSSR count). The smallest absolute Gasteiger partial charge is 0.194 e. The van der Waals surface area contributed by atoms with E-state index >= 15 is 0 Å². The maximum absolute atomic E-state index is 7.17. The summed E-state index contributed by atoms with van der Waals surface area (Å²) in [6.07, 6.45) is 0.394. The van der Waals surface area contributed by atoms with Gasteiger partial charge < -0.3 is 9.47 Å². The molecular weight excluding hydrogens is 552 g/mol. The van der Waals surface area contributed by atoms with Gasteiger partial charge in [-0.1, -0.05) is 147 Å². The van der Waals surface area contributed by atoms with Crippen molar-refractivity contribution in [3.8, 4) is 0 Å². The molecule has 0 unspecified atom stereocenters. The molecule has 4 aromatic carbocycles. The van der Waals surface area contributed by atoms with Crippen molar-refractivity contribution in [2.24, 2.45) is 21.8 Å². The molecule has 2 aliphatic rings.